The predicted octanol–water partition coefficient (Wildman–Crippen LogP) is 2.18. The van der Waals surface area contributed by atoms with E-state index in [1.165, 1.54) is 0 Å². The molecule has 1 aromatic carbocycles. The number of benzene rings is 1. The summed E-state index contributed by atoms with van der Waals surface area (Å²) in [4.78, 5) is 0. The number of hydrogen-bond acceptors (Lipinski definition) is 3. The first-order valence-electron chi connectivity index (χ1n) is 5.32. The van der Waals surface area contributed by atoms with Crippen molar-refractivity contribution in [2.24, 2.45) is 7.05 Å². The van der Waals surface area contributed by atoms with Gasteiger partial charge >= 0.3 is 0 Å². The molecule has 0 fully saturated rings. The van der Waals surface area contributed by atoms with Gasteiger partial charge in [-0.2, -0.15) is 5.10 Å². The molecule has 0 aliphatic heterocycles. The quantitative estimate of drug-likeness (QED) is 0.909. The molecule has 0 atom stereocenters. The van der Waals surface area contributed by atoms with Crippen molar-refractivity contribution in [3.8, 4) is 5.75 Å². The number of phenols is 1. The summed E-state index contributed by atoms with van der Waals surface area (Å²) in [7, 11) is 1.92. The van der Waals surface area contributed by atoms with Gasteiger partial charge in [0.15, 0.2) is 0 Å². The van der Waals surface area contributed by atoms with Gasteiger partial charge in [0.2, 0.25) is 0 Å². The third-order valence-electron chi connectivity index (χ3n) is 2.57. The summed E-state index contributed by atoms with van der Waals surface area (Å²) in [5.41, 5.74) is 2.26. The van der Waals surface area contributed by atoms with Crippen molar-refractivity contribution in [1.82, 2.24) is 15.1 Å². The molecule has 0 amide bonds. The third-order valence-corrected chi connectivity index (χ3v) is 3.20. The molecule has 4 nitrogen and oxygen atoms in total. The number of halogens is 1. The number of aryl methyl sites for hydroxylation is 1. The van der Waals surface area contributed by atoms with Crippen molar-refractivity contribution in [2.75, 3.05) is 0 Å². The second kappa shape index (κ2) is 5.33. The first kappa shape index (κ1) is 12.1. The molecule has 2 rings (SSSR count). The fraction of sp³-hybridized carbons (Fsp3) is 0.250. The summed E-state index contributed by atoms with van der Waals surface area (Å²) in [6.07, 6.45) is 1.79. The lowest BCUT2D eigenvalue weighted by atomic mass is 10.2. The predicted molar refractivity (Wildman–Crippen MR) is 69.6 cm³/mol. The molecular formula is C12H14BrN3O. The standard InChI is InChI=1S/C12H14BrN3O/c1-16-10(4-5-15-16)8-14-7-9-2-3-12(17)11(13)6-9/h2-6,14,17H,7-8H2,1H3. The molecule has 0 aliphatic carbocycles. The van der Waals surface area contributed by atoms with Gasteiger partial charge in [-0.15, -0.1) is 0 Å². The molecule has 1 heterocycles. The maximum absolute atomic E-state index is 9.38. The van der Waals surface area contributed by atoms with E-state index < -0.39 is 0 Å². The highest BCUT2D eigenvalue weighted by atomic mass is 79.9. The van der Waals surface area contributed by atoms with E-state index in [9.17, 15) is 5.11 Å². The molecule has 0 unspecified atom stereocenters. The highest BCUT2D eigenvalue weighted by molar-refractivity contribution is 9.10. The first-order chi connectivity index (χ1) is 8.16. The van der Waals surface area contributed by atoms with E-state index in [1.807, 2.05) is 29.9 Å². The second-order valence-electron chi connectivity index (χ2n) is 3.84. The Balaban J connectivity index is 1.90. The molecule has 0 aliphatic rings. The molecule has 0 saturated carbocycles. The Hall–Kier alpha value is -1.33. The monoisotopic (exact) mass is 295 g/mol. The van der Waals surface area contributed by atoms with Crippen LogP contribution >= 0.6 is 15.9 Å². The topological polar surface area (TPSA) is 50.1 Å². The first-order valence-corrected chi connectivity index (χ1v) is 6.11. The van der Waals surface area contributed by atoms with Crippen molar-refractivity contribution < 1.29 is 5.11 Å². The zero-order chi connectivity index (χ0) is 12.3. The van der Waals surface area contributed by atoms with Crippen LogP contribution < -0.4 is 5.32 Å². The summed E-state index contributed by atoms with van der Waals surface area (Å²) in [5, 5.41) is 16.8. The van der Waals surface area contributed by atoms with Crippen LogP contribution in [0.3, 0.4) is 0 Å². The van der Waals surface area contributed by atoms with Crippen LogP contribution in [0.15, 0.2) is 34.9 Å². The molecule has 90 valence electrons. The van der Waals surface area contributed by atoms with E-state index in [0.717, 1.165) is 28.8 Å². The Morgan fingerprint density at radius 2 is 2.18 bits per heavy atom. The Kier molecular flexibility index (Phi) is 3.81. The lowest BCUT2D eigenvalue weighted by Crippen LogP contribution is -2.15. The number of nitrogens with zero attached hydrogens (tertiary/aromatic N) is 2. The molecule has 0 saturated heterocycles. The normalized spacial score (nSPS) is 10.7. The largest absolute Gasteiger partial charge is 0.507 e. The van der Waals surface area contributed by atoms with Gasteiger partial charge in [-0.1, -0.05) is 6.07 Å². The van der Waals surface area contributed by atoms with Gasteiger partial charge in [0.1, 0.15) is 5.75 Å². The highest BCUT2D eigenvalue weighted by Crippen LogP contribution is 2.24. The second-order valence-corrected chi connectivity index (χ2v) is 4.69. The van der Waals surface area contributed by atoms with Crippen molar-refractivity contribution in [3.63, 3.8) is 0 Å². The van der Waals surface area contributed by atoms with Gasteiger partial charge in [0.05, 0.1) is 10.2 Å². The van der Waals surface area contributed by atoms with Crippen molar-refractivity contribution >= 4 is 15.9 Å². The summed E-state index contributed by atoms with van der Waals surface area (Å²) >= 11 is 3.30. The molecule has 2 aromatic rings. The van der Waals surface area contributed by atoms with Crippen LogP contribution in [0.2, 0.25) is 0 Å². The van der Waals surface area contributed by atoms with Gasteiger partial charge in [0.25, 0.3) is 0 Å². The highest BCUT2D eigenvalue weighted by Gasteiger charge is 2.01. The third kappa shape index (κ3) is 3.08. The van der Waals surface area contributed by atoms with Crippen molar-refractivity contribution in [3.05, 3.63) is 46.2 Å². The Labute approximate surface area is 108 Å². The number of hydrogen-bond donors (Lipinski definition) is 2. The number of nitrogens with one attached hydrogen (secondary N) is 1. The van der Waals surface area contributed by atoms with Crippen molar-refractivity contribution in [2.45, 2.75) is 13.1 Å². The number of aromatic hydroxyl groups is 1. The molecule has 0 spiro atoms. The average Bonchev–Trinajstić information content (AvgIpc) is 2.70. The van der Waals surface area contributed by atoms with E-state index in [2.05, 4.69) is 26.3 Å². The maximum atomic E-state index is 9.38. The van der Waals surface area contributed by atoms with E-state index in [0.29, 0.717) is 0 Å². The fourth-order valence-corrected chi connectivity index (χ4v) is 2.00. The molecule has 1 aromatic heterocycles. The van der Waals surface area contributed by atoms with Crippen LogP contribution in [0, 0.1) is 0 Å². The average molecular weight is 296 g/mol. The van der Waals surface area contributed by atoms with E-state index in [4.69, 9.17) is 0 Å². The zero-order valence-corrected chi connectivity index (χ0v) is 11.1. The van der Waals surface area contributed by atoms with Gasteiger partial charge < -0.3 is 10.4 Å². The summed E-state index contributed by atoms with van der Waals surface area (Å²) in [5.74, 6) is 0.264. The van der Waals surface area contributed by atoms with Crippen LogP contribution in [0.5, 0.6) is 5.75 Å². The van der Waals surface area contributed by atoms with Crippen LogP contribution in [0.4, 0.5) is 0 Å². The molecule has 17 heavy (non-hydrogen) atoms. The van der Waals surface area contributed by atoms with E-state index >= 15 is 0 Å². The van der Waals surface area contributed by atoms with Crippen LogP contribution in [-0.4, -0.2) is 14.9 Å². The molecule has 0 bridgehead atoms. The minimum Gasteiger partial charge on any atom is -0.507 e. The van der Waals surface area contributed by atoms with Crippen molar-refractivity contribution in [1.29, 1.82) is 0 Å². The molecule has 2 N–H and O–H groups in total. The molecule has 5 heteroatoms. The minimum atomic E-state index is 0.264. The Bertz CT molecular complexity index is 510. The Morgan fingerprint density at radius 3 is 2.82 bits per heavy atom. The van der Waals surface area contributed by atoms with Gasteiger partial charge in [-0.05, 0) is 39.7 Å². The van der Waals surface area contributed by atoms with Crippen LogP contribution in [0.25, 0.3) is 0 Å². The summed E-state index contributed by atoms with van der Waals surface area (Å²) in [6.45, 7) is 1.53. The SMILES string of the molecule is Cn1nccc1CNCc1ccc(O)c(Br)c1. The smallest absolute Gasteiger partial charge is 0.129 e. The molecular weight excluding hydrogens is 282 g/mol. The maximum Gasteiger partial charge on any atom is 0.129 e. The molecule has 0 radical (unpaired) electrons. The fourth-order valence-electron chi connectivity index (χ4n) is 1.57. The van der Waals surface area contributed by atoms with Gasteiger partial charge in [0, 0.05) is 26.3 Å². The number of phenolic OH excluding ortho intramolecular Hbond substituents is 1. The Morgan fingerprint density at radius 1 is 1.35 bits per heavy atom. The number of rotatable bonds is 4. The zero-order valence-electron chi connectivity index (χ0n) is 9.52. The van der Waals surface area contributed by atoms with E-state index in [1.54, 1.807) is 12.3 Å². The minimum absolute atomic E-state index is 0.264. The van der Waals surface area contributed by atoms with Crippen LogP contribution in [-0.2, 0) is 20.1 Å². The van der Waals surface area contributed by atoms with Gasteiger partial charge in [-0.25, -0.2) is 0 Å². The lowest BCUT2D eigenvalue weighted by molar-refractivity contribution is 0.471. The number of aromatic nitrogens is 2. The van der Waals surface area contributed by atoms with Gasteiger partial charge in [-0.3, -0.25) is 4.68 Å². The summed E-state index contributed by atoms with van der Waals surface area (Å²) in [6, 6.07) is 7.48. The summed E-state index contributed by atoms with van der Waals surface area (Å²) < 4.78 is 2.57. The van der Waals surface area contributed by atoms with E-state index in [-0.39, 0.29) is 5.75 Å². The lowest BCUT2D eigenvalue weighted by Gasteiger charge is -2.06. The van der Waals surface area contributed by atoms with Crippen LogP contribution in [0.1, 0.15) is 11.3 Å².